The molecule has 6 nitrogen and oxygen atoms in total. The third kappa shape index (κ3) is 4.75. The van der Waals surface area contributed by atoms with E-state index in [1.807, 2.05) is 59.0 Å². The molecule has 0 bridgehead atoms. The number of likely N-dealkylation sites (N-methyl/N-ethyl adjacent to an activating group) is 1. The molecule has 1 amide bonds. The maximum absolute atomic E-state index is 12.4. The zero-order valence-electron chi connectivity index (χ0n) is 16.8. The first-order chi connectivity index (χ1) is 12.1. The molecule has 1 heterocycles. The van der Waals surface area contributed by atoms with Gasteiger partial charge in [-0.25, -0.2) is 0 Å². The molecule has 2 N–H and O–H groups in total. The summed E-state index contributed by atoms with van der Waals surface area (Å²) in [5.41, 5.74) is 0.0992. The van der Waals surface area contributed by atoms with Gasteiger partial charge in [-0.15, -0.1) is 10.3 Å². The summed E-state index contributed by atoms with van der Waals surface area (Å²) in [6.45, 7) is 9.61. The summed E-state index contributed by atoms with van der Waals surface area (Å²) >= 11 is 0. The fraction of sp³-hybridized carbons (Fsp3) is 0.650. The molecule has 1 aliphatic rings. The average Bonchev–Trinajstić information content (AvgIpc) is 2.73. The van der Waals surface area contributed by atoms with Crippen LogP contribution in [0.2, 0.25) is 0 Å². The van der Waals surface area contributed by atoms with Crippen LogP contribution in [0.4, 0.5) is 0 Å². The molecule has 1 aliphatic heterocycles. The molecule has 1 radical (unpaired) electrons. The number of rotatable bonds is 7. The molecule has 1 saturated heterocycles. The van der Waals surface area contributed by atoms with Crippen LogP contribution in [-0.4, -0.2) is 47.8 Å². The van der Waals surface area contributed by atoms with Gasteiger partial charge in [0, 0.05) is 11.6 Å². The second-order valence-electron chi connectivity index (χ2n) is 8.41. The van der Waals surface area contributed by atoms with Gasteiger partial charge in [0.25, 0.3) is 5.91 Å². The molecule has 0 spiro atoms. The fourth-order valence-corrected chi connectivity index (χ4v) is 3.54. The van der Waals surface area contributed by atoms with Gasteiger partial charge in [0.2, 0.25) is 0 Å². The monoisotopic (exact) mass is 362 g/mol. The molecule has 0 aliphatic carbocycles. The number of amides is 1. The molecule has 26 heavy (non-hydrogen) atoms. The molecule has 6 heteroatoms. The number of hydroxylamine groups is 2. The number of carbonyl (C=O) groups is 1. The highest BCUT2D eigenvalue weighted by Crippen LogP contribution is 2.39. The van der Waals surface area contributed by atoms with Crippen molar-refractivity contribution >= 4 is 5.91 Å². The Bertz CT molecular complexity index is 613. The van der Waals surface area contributed by atoms with Crippen molar-refractivity contribution in [3.63, 3.8) is 0 Å². The van der Waals surface area contributed by atoms with E-state index in [4.69, 9.17) is 4.74 Å². The summed E-state index contributed by atoms with van der Waals surface area (Å²) in [5, 5.41) is 19.6. The SMILES string of the molecule is CNC(C)Cc1ccc(OCC(=O)NC2CC(C)(C)N([O])C2(C)C)cc1. The molecular formula is C20H32N3O3. The maximum Gasteiger partial charge on any atom is 0.258 e. The van der Waals surface area contributed by atoms with Crippen LogP contribution >= 0.6 is 0 Å². The van der Waals surface area contributed by atoms with E-state index < -0.39 is 11.1 Å². The van der Waals surface area contributed by atoms with Crippen molar-refractivity contribution < 1.29 is 14.7 Å². The number of ether oxygens (including phenoxy) is 1. The number of hydrogen-bond donors (Lipinski definition) is 2. The molecule has 145 valence electrons. The Morgan fingerprint density at radius 1 is 1.27 bits per heavy atom. The number of benzene rings is 1. The summed E-state index contributed by atoms with van der Waals surface area (Å²) in [5.74, 6) is 0.458. The fourth-order valence-electron chi connectivity index (χ4n) is 3.54. The first-order valence-corrected chi connectivity index (χ1v) is 9.22. The Kier molecular flexibility index (Phi) is 6.32. The average molecular weight is 362 g/mol. The van der Waals surface area contributed by atoms with Gasteiger partial charge in [-0.05, 0) is 72.2 Å². The predicted octanol–water partition coefficient (Wildman–Crippen LogP) is 2.31. The van der Waals surface area contributed by atoms with Crippen LogP contribution in [0.15, 0.2) is 24.3 Å². The second-order valence-corrected chi connectivity index (χ2v) is 8.41. The van der Waals surface area contributed by atoms with Crippen LogP contribution in [0.5, 0.6) is 5.75 Å². The molecule has 1 fully saturated rings. The third-order valence-corrected chi connectivity index (χ3v) is 5.29. The summed E-state index contributed by atoms with van der Waals surface area (Å²) in [4.78, 5) is 12.3. The highest BCUT2D eigenvalue weighted by atomic mass is 16.5. The van der Waals surface area contributed by atoms with Gasteiger partial charge in [0.05, 0.1) is 11.6 Å². The van der Waals surface area contributed by atoms with Gasteiger partial charge >= 0.3 is 0 Å². The topological polar surface area (TPSA) is 73.5 Å². The summed E-state index contributed by atoms with van der Waals surface area (Å²) in [6, 6.07) is 8.00. The van der Waals surface area contributed by atoms with Gasteiger partial charge < -0.3 is 15.4 Å². The molecule has 0 aromatic heterocycles. The minimum atomic E-state index is -0.634. The number of hydrogen-bond acceptors (Lipinski definition) is 4. The van der Waals surface area contributed by atoms with Crippen molar-refractivity contribution in [3.05, 3.63) is 29.8 Å². The Morgan fingerprint density at radius 2 is 1.88 bits per heavy atom. The van der Waals surface area contributed by atoms with Crippen LogP contribution < -0.4 is 15.4 Å². The minimum Gasteiger partial charge on any atom is -0.484 e. The normalized spacial score (nSPS) is 22.8. The van der Waals surface area contributed by atoms with Crippen molar-refractivity contribution in [2.75, 3.05) is 13.7 Å². The van der Waals surface area contributed by atoms with Crippen molar-refractivity contribution in [1.29, 1.82) is 0 Å². The lowest BCUT2D eigenvalue weighted by molar-refractivity contribution is -0.246. The highest BCUT2D eigenvalue weighted by molar-refractivity contribution is 5.78. The lowest BCUT2D eigenvalue weighted by atomic mass is 9.94. The van der Waals surface area contributed by atoms with E-state index in [0.29, 0.717) is 18.2 Å². The zero-order chi connectivity index (χ0) is 19.5. The molecule has 2 atom stereocenters. The zero-order valence-corrected chi connectivity index (χ0v) is 16.8. The van der Waals surface area contributed by atoms with Crippen LogP contribution in [-0.2, 0) is 16.4 Å². The van der Waals surface area contributed by atoms with Crippen molar-refractivity contribution in [2.24, 2.45) is 0 Å². The summed E-state index contributed by atoms with van der Waals surface area (Å²) < 4.78 is 5.59. The lowest BCUT2D eigenvalue weighted by Crippen LogP contribution is -2.53. The second kappa shape index (κ2) is 7.94. The van der Waals surface area contributed by atoms with Gasteiger partial charge in [-0.2, -0.15) is 0 Å². The van der Waals surface area contributed by atoms with E-state index in [1.165, 1.54) is 5.56 Å². The van der Waals surface area contributed by atoms with Gasteiger partial charge in [0.15, 0.2) is 6.61 Å². The van der Waals surface area contributed by atoms with E-state index in [-0.39, 0.29) is 18.6 Å². The van der Waals surface area contributed by atoms with E-state index in [9.17, 15) is 10.0 Å². The third-order valence-electron chi connectivity index (χ3n) is 5.29. The van der Waals surface area contributed by atoms with Gasteiger partial charge in [-0.3, -0.25) is 4.79 Å². The number of carbonyl (C=O) groups excluding carboxylic acids is 1. The van der Waals surface area contributed by atoms with E-state index in [2.05, 4.69) is 17.6 Å². The predicted molar refractivity (Wildman–Crippen MR) is 101 cm³/mol. The molecule has 2 rings (SSSR count). The quantitative estimate of drug-likeness (QED) is 0.781. The maximum atomic E-state index is 12.4. The van der Waals surface area contributed by atoms with Crippen molar-refractivity contribution in [2.45, 2.75) is 70.6 Å². The lowest BCUT2D eigenvalue weighted by Gasteiger charge is -2.33. The van der Waals surface area contributed by atoms with Crippen LogP contribution in [0.25, 0.3) is 0 Å². The van der Waals surface area contributed by atoms with E-state index in [0.717, 1.165) is 11.5 Å². The minimum absolute atomic E-state index is 0.0574. The smallest absolute Gasteiger partial charge is 0.258 e. The molecule has 1 aromatic carbocycles. The summed E-state index contributed by atoms with van der Waals surface area (Å²) in [6.07, 6.45) is 1.56. The first kappa shape index (κ1) is 20.7. The largest absolute Gasteiger partial charge is 0.484 e. The Labute approximate surface area is 156 Å². The number of nitrogens with one attached hydrogen (secondary N) is 2. The molecular weight excluding hydrogens is 330 g/mol. The Hall–Kier alpha value is -1.63. The molecule has 0 saturated carbocycles. The standard InChI is InChI=1S/C20H32N3O3/c1-14(21-6)11-15-7-9-16(10-8-15)26-13-18(24)22-17-12-19(2,3)23(25)20(17,4)5/h7-10,14,17,21H,11-13H2,1-6H3,(H,22,24). The summed E-state index contributed by atoms with van der Waals surface area (Å²) in [7, 11) is 1.94. The van der Waals surface area contributed by atoms with Crippen LogP contribution in [0.1, 0.15) is 46.6 Å². The molecule has 2 unspecified atom stereocenters. The Morgan fingerprint density at radius 3 is 2.38 bits per heavy atom. The van der Waals surface area contributed by atoms with Gasteiger partial charge in [-0.1, -0.05) is 12.1 Å². The first-order valence-electron chi connectivity index (χ1n) is 9.22. The van der Waals surface area contributed by atoms with E-state index in [1.54, 1.807) is 0 Å². The van der Waals surface area contributed by atoms with Crippen LogP contribution in [0.3, 0.4) is 0 Å². The molecule has 1 aromatic rings. The Balaban J connectivity index is 1.85. The van der Waals surface area contributed by atoms with E-state index >= 15 is 0 Å². The van der Waals surface area contributed by atoms with Crippen molar-refractivity contribution in [3.8, 4) is 5.75 Å². The number of nitrogens with zero attached hydrogens (tertiary/aromatic N) is 1. The van der Waals surface area contributed by atoms with Gasteiger partial charge in [0.1, 0.15) is 5.75 Å². The van der Waals surface area contributed by atoms with Crippen LogP contribution in [0, 0.1) is 0 Å². The highest BCUT2D eigenvalue weighted by Gasteiger charge is 2.52. The van der Waals surface area contributed by atoms with Crippen molar-refractivity contribution in [1.82, 2.24) is 15.7 Å².